The van der Waals surface area contributed by atoms with Crippen molar-refractivity contribution in [3.8, 4) is 0 Å². The molecule has 5 rings (SSSR count). The van der Waals surface area contributed by atoms with Gasteiger partial charge in [0.15, 0.2) is 0 Å². The van der Waals surface area contributed by atoms with E-state index in [0.717, 1.165) is 31.2 Å². The van der Waals surface area contributed by atoms with Gasteiger partial charge in [0.1, 0.15) is 5.78 Å². The molecule has 4 saturated carbocycles. The molecule has 2 unspecified atom stereocenters. The van der Waals surface area contributed by atoms with E-state index in [1.807, 2.05) is 6.07 Å². The van der Waals surface area contributed by atoms with Gasteiger partial charge in [0.25, 0.3) is 0 Å². The Morgan fingerprint density at radius 1 is 1.10 bits per heavy atom. The average Bonchev–Trinajstić information content (AvgIpc) is 2.94. The van der Waals surface area contributed by atoms with Gasteiger partial charge in [-0.25, -0.2) is 4.79 Å². The molecular weight excluding hydrogens is 368 g/mol. The Morgan fingerprint density at radius 3 is 2.62 bits per heavy atom. The van der Waals surface area contributed by atoms with Crippen LogP contribution in [0.5, 0.6) is 0 Å². The summed E-state index contributed by atoms with van der Waals surface area (Å²) in [5, 5.41) is 23.6. The summed E-state index contributed by atoms with van der Waals surface area (Å²) in [5.41, 5.74) is -0.801. The van der Waals surface area contributed by atoms with Gasteiger partial charge in [0, 0.05) is 24.3 Å². The molecule has 1 aromatic rings. The van der Waals surface area contributed by atoms with Gasteiger partial charge in [0.2, 0.25) is 0 Å². The normalized spacial score (nSPS) is 49.2. The van der Waals surface area contributed by atoms with Crippen LogP contribution in [0.2, 0.25) is 0 Å². The molecule has 5 heteroatoms. The molecule has 4 aliphatic carbocycles. The fraction of sp³-hybridized carbons (Fsp3) is 0.750. The summed E-state index contributed by atoms with van der Waals surface area (Å²) in [6.45, 7) is 4.38. The first-order valence-corrected chi connectivity index (χ1v) is 11.2. The number of hydrogen-bond acceptors (Lipinski definition) is 5. The number of hydrogen-bond donors (Lipinski definition) is 2. The molecule has 0 aliphatic heterocycles. The number of Topliss-reactive ketones (excluding diaryl/α,β-unsaturated/α-hetero) is 1. The molecule has 1 heterocycles. The second kappa shape index (κ2) is 6.27. The summed E-state index contributed by atoms with van der Waals surface area (Å²) < 4.78 is 5.13. The minimum atomic E-state index is -0.840. The van der Waals surface area contributed by atoms with Gasteiger partial charge in [-0.2, -0.15) is 0 Å². The predicted molar refractivity (Wildman–Crippen MR) is 107 cm³/mol. The number of fused-ring (bicyclic) bond motifs is 5. The van der Waals surface area contributed by atoms with Gasteiger partial charge in [-0.15, -0.1) is 0 Å². The Balaban J connectivity index is 1.53. The molecular formula is C24H32O5. The summed E-state index contributed by atoms with van der Waals surface area (Å²) in [4.78, 5) is 23.5. The Labute approximate surface area is 171 Å². The quantitative estimate of drug-likeness (QED) is 0.754. The van der Waals surface area contributed by atoms with Crippen molar-refractivity contribution >= 4 is 5.78 Å². The van der Waals surface area contributed by atoms with E-state index in [9.17, 15) is 19.8 Å². The van der Waals surface area contributed by atoms with E-state index < -0.39 is 17.1 Å². The number of ketones is 1. The van der Waals surface area contributed by atoms with E-state index in [2.05, 4.69) is 13.8 Å². The van der Waals surface area contributed by atoms with Gasteiger partial charge in [-0.3, -0.25) is 4.79 Å². The average molecular weight is 401 g/mol. The van der Waals surface area contributed by atoms with Crippen LogP contribution in [0.25, 0.3) is 0 Å². The van der Waals surface area contributed by atoms with Crippen LogP contribution in [-0.2, 0) is 4.79 Å². The van der Waals surface area contributed by atoms with Crippen molar-refractivity contribution < 1.29 is 19.4 Å². The van der Waals surface area contributed by atoms with E-state index in [4.69, 9.17) is 4.42 Å². The molecule has 1 aromatic heterocycles. The van der Waals surface area contributed by atoms with Crippen molar-refractivity contribution in [2.45, 2.75) is 82.8 Å². The minimum absolute atomic E-state index is 0.0416. The van der Waals surface area contributed by atoms with Crippen molar-refractivity contribution in [3.05, 3.63) is 34.4 Å². The Kier molecular flexibility index (Phi) is 4.22. The van der Waals surface area contributed by atoms with Gasteiger partial charge in [-0.1, -0.05) is 13.8 Å². The molecule has 29 heavy (non-hydrogen) atoms. The van der Waals surface area contributed by atoms with E-state index in [-0.39, 0.29) is 28.8 Å². The van der Waals surface area contributed by atoms with Crippen LogP contribution < -0.4 is 5.63 Å². The Bertz CT molecular complexity index is 871. The van der Waals surface area contributed by atoms with Gasteiger partial charge < -0.3 is 14.6 Å². The molecule has 0 saturated heterocycles. The highest BCUT2D eigenvalue weighted by molar-refractivity contribution is 5.79. The first-order chi connectivity index (χ1) is 13.7. The molecule has 0 radical (unpaired) electrons. The lowest BCUT2D eigenvalue weighted by Gasteiger charge is -2.64. The van der Waals surface area contributed by atoms with Crippen molar-refractivity contribution in [2.75, 3.05) is 0 Å². The topological polar surface area (TPSA) is 87.7 Å². The molecule has 0 amide bonds. The molecule has 0 spiro atoms. The van der Waals surface area contributed by atoms with Crippen LogP contribution in [0.1, 0.15) is 76.7 Å². The lowest BCUT2D eigenvalue weighted by Crippen LogP contribution is -2.66. The third-order valence-corrected chi connectivity index (χ3v) is 9.73. The number of aliphatic hydroxyl groups is 2. The maximum atomic E-state index is 12.2. The number of rotatable bonds is 1. The third-order valence-electron chi connectivity index (χ3n) is 9.73. The molecule has 5 nitrogen and oxygen atoms in total. The number of carbonyl (C=O) groups excluding carboxylic acids is 1. The fourth-order valence-electron chi connectivity index (χ4n) is 8.22. The molecule has 158 valence electrons. The van der Waals surface area contributed by atoms with Gasteiger partial charge in [-0.05, 0) is 79.2 Å². The molecule has 0 bridgehead atoms. The minimum Gasteiger partial charge on any atom is -0.431 e. The van der Waals surface area contributed by atoms with Crippen LogP contribution in [-0.4, -0.2) is 27.7 Å². The molecule has 8 atom stereocenters. The van der Waals surface area contributed by atoms with E-state index in [0.29, 0.717) is 37.4 Å². The molecule has 0 aromatic carbocycles. The van der Waals surface area contributed by atoms with Crippen LogP contribution >= 0.6 is 0 Å². The fourth-order valence-corrected chi connectivity index (χ4v) is 8.22. The summed E-state index contributed by atoms with van der Waals surface area (Å²) in [6.07, 6.45) is 7.03. The van der Waals surface area contributed by atoms with Crippen molar-refractivity contribution in [1.29, 1.82) is 0 Å². The van der Waals surface area contributed by atoms with Crippen molar-refractivity contribution in [1.82, 2.24) is 0 Å². The van der Waals surface area contributed by atoms with E-state index >= 15 is 0 Å². The van der Waals surface area contributed by atoms with Crippen molar-refractivity contribution in [2.24, 2.45) is 28.6 Å². The lowest BCUT2D eigenvalue weighted by molar-refractivity contribution is -0.235. The van der Waals surface area contributed by atoms with Gasteiger partial charge in [0.05, 0.1) is 18.0 Å². The first-order valence-electron chi connectivity index (χ1n) is 11.2. The standard InChI is InChI=1S/C24H32O5/c1-22-9-7-16(25)11-15(22)4-5-18-21(22)19(26)12-23(2)17(8-10-24(18,23)28)14-3-6-20(27)29-13-14/h3,6,13,15,17-19,21,26,28H,4-5,7-12H2,1-2H3/t15-,17-,18-,19?,21?,22+,23-,24-/m1/s1. The summed E-state index contributed by atoms with van der Waals surface area (Å²) in [6, 6.07) is 3.26. The van der Waals surface area contributed by atoms with E-state index in [1.165, 1.54) is 12.3 Å². The van der Waals surface area contributed by atoms with Crippen LogP contribution in [0, 0.1) is 28.6 Å². The second-order valence-electron chi connectivity index (χ2n) is 10.7. The third kappa shape index (κ3) is 2.53. The SMILES string of the molecule is C[C@]12CCC(=O)C[C@H]1CC[C@@H]1C2C(O)C[C@]2(C)[C@@H](c3ccc(=O)oc3)CC[C@@]12O. The van der Waals surface area contributed by atoms with E-state index in [1.54, 1.807) is 0 Å². The zero-order chi connectivity index (χ0) is 20.6. The Morgan fingerprint density at radius 2 is 1.90 bits per heavy atom. The molecule has 4 aliphatic rings. The maximum Gasteiger partial charge on any atom is 0.335 e. The monoisotopic (exact) mass is 400 g/mol. The Hall–Kier alpha value is -1.46. The maximum absolute atomic E-state index is 12.2. The highest BCUT2D eigenvalue weighted by Gasteiger charge is 2.69. The summed E-state index contributed by atoms with van der Waals surface area (Å²) >= 11 is 0. The van der Waals surface area contributed by atoms with Gasteiger partial charge >= 0.3 is 5.63 Å². The first kappa shape index (κ1) is 19.5. The number of carbonyl (C=O) groups is 1. The molecule has 2 N–H and O–H groups in total. The predicted octanol–water partition coefficient (Wildman–Crippen LogP) is 3.42. The molecule has 4 fully saturated rings. The smallest absolute Gasteiger partial charge is 0.335 e. The highest BCUT2D eigenvalue weighted by Crippen LogP contribution is 2.70. The highest BCUT2D eigenvalue weighted by atomic mass is 16.4. The van der Waals surface area contributed by atoms with Crippen LogP contribution in [0.4, 0.5) is 0 Å². The largest absolute Gasteiger partial charge is 0.431 e. The zero-order valence-electron chi connectivity index (χ0n) is 17.4. The van der Waals surface area contributed by atoms with Crippen LogP contribution in [0.15, 0.2) is 27.6 Å². The summed E-state index contributed by atoms with van der Waals surface area (Å²) in [7, 11) is 0. The van der Waals surface area contributed by atoms with Crippen LogP contribution in [0.3, 0.4) is 0 Å². The van der Waals surface area contributed by atoms with Crippen molar-refractivity contribution in [3.63, 3.8) is 0 Å². The lowest BCUT2D eigenvalue weighted by atomic mass is 9.42. The summed E-state index contributed by atoms with van der Waals surface area (Å²) in [5.74, 6) is 0.830. The number of aliphatic hydroxyl groups excluding tert-OH is 1. The zero-order valence-corrected chi connectivity index (χ0v) is 17.4. The second-order valence-corrected chi connectivity index (χ2v) is 10.7.